The summed E-state index contributed by atoms with van der Waals surface area (Å²) in [7, 11) is 1.45. The van der Waals surface area contributed by atoms with Gasteiger partial charge in [0.25, 0.3) is 0 Å². The summed E-state index contributed by atoms with van der Waals surface area (Å²) in [6, 6.07) is 7.52. The van der Waals surface area contributed by atoms with Crippen LogP contribution in [0.4, 0.5) is 0 Å². The van der Waals surface area contributed by atoms with Crippen LogP contribution in [0.15, 0.2) is 55.6 Å². The zero-order chi connectivity index (χ0) is 29.5. The minimum absolute atomic E-state index is 0.00170. The fourth-order valence-electron chi connectivity index (χ4n) is 4.57. The maximum absolute atomic E-state index is 13.5. The van der Waals surface area contributed by atoms with E-state index in [1.54, 1.807) is 42.2 Å². The number of amides is 3. The van der Waals surface area contributed by atoms with Crippen molar-refractivity contribution in [2.75, 3.05) is 33.4 Å². The lowest BCUT2D eigenvalue weighted by atomic mass is 9.97. The Kier molecular flexibility index (Phi) is 14.1. The lowest BCUT2D eigenvalue weighted by molar-refractivity contribution is -0.160. The normalized spacial score (nSPS) is 16.6. The van der Waals surface area contributed by atoms with Crippen LogP contribution in [0.3, 0.4) is 0 Å². The number of aliphatic hydroxyl groups excluding tert-OH is 1. The third-order valence-corrected chi connectivity index (χ3v) is 6.77. The van der Waals surface area contributed by atoms with Gasteiger partial charge in [0.1, 0.15) is 12.0 Å². The first-order valence-electron chi connectivity index (χ1n) is 13.7. The van der Waals surface area contributed by atoms with E-state index in [1.807, 2.05) is 6.07 Å². The van der Waals surface area contributed by atoms with Gasteiger partial charge >= 0.3 is 5.97 Å². The first-order valence-corrected chi connectivity index (χ1v) is 13.7. The van der Waals surface area contributed by atoms with Gasteiger partial charge in [0.2, 0.25) is 17.7 Å². The van der Waals surface area contributed by atoms with Gasteiger partial charge < -0.3 is 30.1 Å². The third-order valence-electron chi connectivity index (χ3n) is 6.77. The molecule has 3 N–H and O–H groups in total. The Hall–Kier alpha value is -3.50. The molecule has 1 aliphatic heterocycles. The molecule has 0 bridgehead atoms. The molecule has 1 aromatic carbocycles. The summed E-state index contributed by atoms with van der Waals surface area (Å²) in [6.07, 6.45) is 4.29. The van der Waals surface area contributed by atoms with Crippen LogP contribution in [0, 0.1) is 11.8 Å². The molecule has 1 unspecified atom stereocenters. The van der Waals surface area contributed by atoms with Crippen molar-refractivity contribution in [1.82, 2.24) is 15.5 Å². The highest BCUT2D eigenvalue weighted by Crippen LogP contribution is 2.26. The van der Waals surface area contributed by atoms with Crippen LogP contribution in [-0.4, -0.2) is 79.2 Å². The molecule has 1 heterocycles. The molecule has 40 heavy (non-hydrogen) atoms. The van der Waals surface area contributed by atoms with Gasteiger partial charge in [-0.15, -0.1) is 13.2 Å². The molecule has 1 fully saturated rings. The first kappa shape index (κ1) is 32.7. The summed E-state index contributed by atoms with van der Waals surface area (Å²) in [5.74, 6) is -3.72. The maximum atomic E-state index is 13.5. The van der Waals surface area contributed by atoms with Crippen molar-refractivity contribution in [2.24, 2.45) is 11.8 Å². The van der Waals surface area contributed by atoms with Gasteiger partial charge in [0.15, 0.2) is 0 Å². The summed E-state index contributed by atoms with van der Waals surface area (Å²) >= 11 is 0. The highest BCUT2D eigenvalue weighted by atomic mass is 16.5. The number of hydrogen-bond donors (Lipinski definition) is 3. The zero-order valence-corrected chi connectivity index (χ0v) is 23.6. The number of ether oxygens (including phenoxy) is 2. The molecular formula is C30H43N3O7. The Balaban J connectivity index is 2.30. The fourth-order valence-corrected chi connectivity index (χ4v) is 4.57. The smallest absolute Gasteiger partial charge is 0.310 e. The van der Waals surface area contributed by atoms with E-state index >= 15 is 0 Å². The van der Waals surface area contributed by atoms with Crippen molar-refractivity contribution in [1.29, 1.82) is 0 Å². The van der Waals surface area contributed by atoms with Crippen molar-refractivity contribution < 1.29 is 33.8 Å². The number of likely N-dealkylation sites (tertiary alicyclic amines) is 1. The number of methoxy groups -OCH3 is 1. The van der Waals surface area contributed by atoms with Gasteiger partial charge in [-0.2, -0.15) is 0 Å². The monoisotopic (exact) mass is 557 g/mol. The number of allylic oxidation sites excluding steroid dienone is 2. The van der Waals surface area contributed by atoms with Gasteiger partial charge in [-0.1, -0.05) is 42.5 Å². The van der Waals surface area contributed by atoms with Crippen molar-refractivity contribution >= 4 is 23.7 Å². The largest absolute Gasteiger partial charge is 0.455 e. The number of carbonyl (C=O) groups excluding carboxylic acids is 4. The van der Waals surface area contributed by atoms with Crippen LogP contribution in [0.2, 0.25) is 0 Å². The van der Waals surface area contributed by atoms with E-state index in [1.165, 1.54) is 13.2 Å². The quantitative estimate of drug-likeness (QED) is 0.152. The third kappa shape index (κ3) is 9.91. The van der Waals surface area contributed by atoms with Crippen molar-refractivity contribution in [3.8, 4) is 0 Å². The summed E-state index contributed by atoms with van der Waals surface area (Å²) in [4.78, 5) is 54.2. The minimum Gasteiger partial charge on any atom is -0.455 e. The standard InChI is InChI=1S/C30H43N3O7/c1-5-12-23(18-26(35)33-16-10-11-17-33)30(38)40-27(22-14-8-7-9-15-22)25(20-39-4)32-29(37)24(13-6-2)28(36)31-21(3)19-34/h5-9,14-15,21,23-25,27,34H,1-2,10-13,16-20H2,3-4H3,(H,31,36)(H,32,37)/t21-,23+,24?,25-,27-/m0/s1. The highest BCUT2D eigenvalue weighted by Gasteiger charge is 2.35. The lowest BCUT2D eigenvalue weighted by Gasteiger charge is -2.30. The molecule has 0 aromatic heterocycles. The number of carbonyl (C=O) groups is 4. The van der Waals surface area contributed by atoms with E-state index in [2.05, 4.69) is 23.8 Å². The Labute approximate surface area is 236 Å². The van der Waals surface area contributed by atoms with Crippen LogP contribution < -0.4 is 10.6 Å². The van der Waals surface area contributed by atoms with E-state index in [-0.39, 0.29) is 38.4 Å². The average molecular weight is 558 g/mol. The highest BCUT2D eigenvalue weighted by molar-refractivity contribution is 6.00. The summed E-state index contributed by atoms with van der Waals surface area (Å²) in [5, 5.41) is 14.7. The molecule has 0 aliphatic carbocycles. The number of aliphatic hydroxyl groups is 1. The van der Waals surface area contributed by atoms with Gasteiger partial charge in [0, 0.05) is 32.7 Å². The molecule has 1 aromatic rings. The van der Waals surface area contributed by atoms with Gasteiger partial charge in [-0.05, 0) is 38.2 Å². The van der Waals surface area contributed by atoms with E-state index in [4.69, 9.17) is 9.47 Å². The second-order valence-corrected chi connectivity index (χ2v) is 10.0. The summed E-state index contributed by atoms with van der Waals surface area (Å²) in [5.41, 5.74) is 0.611. The molecule has 10 nitrogen and oxygen atoms in total. The number of hydrogen-bond acceptors (Lipinski definition) is 7. The SMILES string of the molecule is C=CCC(C(=O)N[C@@H](COC)[C@@H](OC(=O)[C@H](CC=C)CC(=O)N1CCCC1)c1ccccc1)C(=O)N[C@@H](C)CO. The molecular weight excluding hydrogens is 514 g/mol. The number of nitrogens with one attached hydrogen (secondary N) is 2. The second-order valence-electron chi connectivity index (χ2n) is 10.0. The second kappa shape index (κ2) is 17.2. The van der Waals surface area contributed by atoms with E-state index < -0.39 is 47.8 Å². The molecule has 5 atom stereocenters. The number of benzene rings is 1. The van der Waals surface area contributed by atoms with E-state index in [0.29, 0.717) is 18.7 Å². The topological polar surface area (TPSA) is 134 Å². The molecule has 3 amide bonds. The zero-order valence-electron chi connectivity index (χ0n) is 23.6. The van der Waals surface area contributed by atoms with Crippen molar-refractivity contribution in [3.05, 3.63) is 61.2 Å². The molecule has 0 saturated carbocycles. The number of esters is 1. The number of nitrogens with zero attached hydrogens (tertiary/aromatic N) is 1. The first-order chi connectivity index (χ1) is 19.2. The Morgan fingerprint density at radius 3 is 2.23 bits per heavy atom. The van der Waals surface area contributed by atoms with Crippen molar-refractivity contribution in [3.63, 3.8) is 0 Å². The summed E-state index contributed by atoms with van der Waals surface area (Å²) < 4.78 is 11.4. The molecule has 1 aliphatic rings. The van der Waals surface area contributed by atoms with Gasteiger partial charge in [0.05, 0.1) is 25.2 Å². The minimum atomic E-state index is -1.12. The Morgan fingerprint density at radius 2 is 1.65 bits per heavy atom. The van der Waals surface area contributed by atoms with E-state index in [9.17, 15) is 24.3 Å². The molecule has 2 rings (SSSR count). The van der Waals surface area contributed by atoms with Crippen LogP contribution in [0.25, 0.3) is 0 Å². The predicted octanol–water partition coefficient (Wildman–Crippen LogP) is 2.30. The molecule has 0 radical (unpaired) electrons. The van der Waals surface area contributed by atoms with Crippen LogP contribution in [-0.2, 0) is 28.7 Å². The van der Waals surface area contributed by atoms with Crippen LogP contribution >= 0.6 is 0 Å². The molecule has 10 heteroatoms. The fraction of sp³-hybridized carbons (Fsp3) is 0.533. The van der Waals surface area contributed by atoms with Gasteiger partial charge in [-0.25, -0.2) is 0 Å². The number of rotatable bonds is 17. The molecule has 220 valence electrons. The van der Waals surface area contributed by atoms with Crippen LogP contribution in [0.5, 0.6) is 0 Å². The molecule has 1 saturated heterocycles. The Morgan fingerprint density at radius 1 is 1.02 bits per heavy atom. The summed E-state index contributed by atoms with van der Waals surface area (Å²) in [6.45, 7) is 10.1. The average Bonchev–Trinajstić information content (AvgIpc) is 3.49. The van der Waals surface area contributed by atoms with E-state index in [0.717, 1.165) is 12.8 Å². The maximum Gasteiger partial charge on any atom is 0.310 e. The van der Waals surface area contributed by atoms with Crippen LogP contribution in [0.1, 0.15) is 50.7 Å². The lowest BCUT2D eigenvalue weighted by Crippen LogP contribution is -2.50. The Bertz CT molecular complexity index is 994. The molecule has 0 spiro atoms. The predicted molar refractivity (Wildman–Crippen MR) is 151 cm³/mol. The van der Waals surface area contributed by atoms with Gasteiger partial charge in [-0.3, -0.25) is 19.2 Å². The van der Waals surface area contributed by atoms with Crippen molar-refractivity contribution in [2.45, 2.75) is 57.2 Å².